The van der Waals surface area contributed by atoms with E-state index >= 15 is 0 Å². The van der Waals surface area contributed by atoms with Gasteiger partial charge in [0.1, 0.15) is 0 Å². The summed E-state index contributed by atoms with van der Waals surface area (Å²) in [5.41, 5.74) is 1.98. The first kappa shape index (κ1) is 12.8. The van der Waals surface area contributed by atoms with Crippen molar-refractivity contribution in [1.29, 1.82) is 0 Å². The van der Waals surface area contributed by atoms with Gasteiger partial charge < -0.3 is 5.32 Å². The predicted molar refractivity (Wildman–Crippen MR) is 67.7 cm³/mol. The second-order valence-corrected chi connectivity index (χ2v) is 4.11. The van der Waals surface area contributed by atoms with E-state index in [0.717, 1.165) is 23.4 Å². The minimum absolute atomic E-state index is 0.235. The summed E-state index contributed by atoms with van der Waals surface area (Å²) in [6.45, 7) is 5.99. The van der Waals surface area contributed by atoms with Gasteiger partial charge in [0, 0.05) is 12.5 Å². The van der Waals surface area contributed by atoms with Gasteiger partial charge in [-0.25, -0.2) is 0 Å². The highest BCUT2D eigenvalue weighted by atomic mass is 35.5. The predicted octanol–water partition coefficient (Wildman–Crippen LogP) is 2.96. The van der Waals surface area contributed by atoms with E-state index in [1.54, 1.807) is 0 Å². The maximum atomic E-state index is 5.88. The van der Waals surface area contributed by atoms with Crippen LogP contribution in [0.4, 0.5) is 5.82 Å². The van der Waals surface area contributed by atoms with Gasteiger partial charge in [-0.2, -0.15) is 0 Å². The van der Waals surface area contributed by atoms with Crippen LogP contribution in [0.15, 0.2) is 0 Å². The zero-order chi connectivity index (χ0) is 12.1. The summed E-state index contributed by atoms with van der Waals surface area (Å²) in [5, 5.41) is 11.7. The lowest BCUT2D eigenvalue weighted by Crippen LogP contribution is -2.19. The van der Waals surface area contributed by atoms with Gasteiger partial charge in [-0.15, -0.1) is 22.5 Å². The molecular weight excluding hydrogens is 222 g/mol. The maximum Gasteiger partial charge on any atom is 0.155 e. The molecule has 0 bridgehead atoms. The Kier molecular flexibility index (Phi) is 4.57. The van der Waals surface area contributed by atoms with E-state index in [1.165, 1.54) is 0 Å². The first-order chi connectivity index (χ1) is 7.60. The third-order valence-corrected chi connectivity index (χ3v) is 3.02. The standard InChI is InChI=1S/C12H16ClN3/c1-5-7-10(6-2)14-12-9(4)8(3)11(13)15-16-12/h1,10H,6-7H2,2-4H3,(H,14,16). The highest BCUT2D eigenvalue weighted by molar-refractivity contribution is 6.30. The van der Waals surface area contributed by atoms with E-state index in [-0.39, 0.29) is 6.04 Å². The fourth-order valence-corrected chi connectivity index (χ4v) is 1.53. The first-order valence-electron chi connectivity index (χ1n) is 5.29. The molecule has 0 amide bonds. The molecule has 0 aliphatic carbocycles. The van der Waals surface area contributed by atoms with E-state index in [2.05, 4.69) is 28.4 Å². The van der Waals surface area contributed by atoms with Crippen LogP contribution in [-0.2, 0) is 0 Å². The monoisotopic (exact) mass is 237 g/mol. The van der Waals surface area contributed by atoms with Gasteiger partial charge in [0.25, 0.3) is 0 Å². The van der Waals surface area contributed by atoms with Crippen molar-refractivity contribution in [3.63, 3.8) is 0 Å². The van der Waals surface area contributed by atoms with Crippen molar-refractivity contribution in [3.05, 3.63) is 16.3 Å². The number of aromatic nitrogens is 2. The topological polar surface area (TPSA) is 37.8 Å². The smallest absolute Gasteiger partial charge is 0.155 e. The number of hydrogen-bond donors (Lipinski definition) is 1. The van der Waals surface area contributed by atoms with E-state index in [9.17, 15) is 0 Å². The van der Waals surface area contributed by atoms with Gasteiger partial charge in [0.05, 0.1) is 0 Å². The lowest BCUT2D eigenvalue weighted by atomic mass is 10.1. The summed E-state index contributed by atoms with van der Waals surface area (Å²) >= 11 is 5.88. The van der Waals surface area contributed by atoms with Crippen molar-refractivity contribution in [3.8, 4) is 12.3 Å². The normalized spacial score (nSPS) is 11.9. The fraction of sp³-hybridized carbons (Fsp3) is 0.500. The second kappa shape index (κ2) is 5.72. The number of halogens is 1. The number of rotatable bonds is 4. The lowest BCUT2D eigenvalue weighted by molar-refractivity contribution is 0.707. The largest absolute Gasteiger partial charge is 0.365 e. The van der Waals surface area contributed by atoms with Gasteiger partial charge in [-0.3, -0.25) is 0 Å². The Bertz CT molecular complexity index is 409. The van der Waals surface area contributed by atoms with Crippen LogP contribution in [0.2, 0.25) is 5.15 Å². The molecule has 1 aromatic heterocycles. The average Bonchev–Trinajstić information content (AvgIpc) is 2.29. The molecule has 1 atom stereocenters. The van der Waals surface area contributed by atoms with Crippen molar-refractivity contribution in [2.45, 2.75) is 39.7 Å². The summed E-state index contributed by atoms with van der Waals surface area (Å²) in [4.78, 5) is 0. The Balaban J connectivity index is 2.89. The third kappa shape index (κ3) is 2.86. The molecule has 0 radical (unpaired) electrons. The van der Waals surface area contributed by atoms with Gasteiger partial charge in [0.2, 0.25) is 0 Å². The Morgan fingerprint density at radius 1 is 1.38 bits per heavy atom. The lowest BCUT2D eigenvalue weighted by Gasteiger charge is -2.17. The Morgan fingerprint density at radius 3 is 2.62 bits per heavy atom. The van der Waals surface area contributed by atoms with Crippen molar-refractivity contribution in [1.82, 2.24) is 10.2 Å². The van der Waals surface area contributed by atoms with Crippen molar-refractivity contribution < 1.29 is 0 Å². The molecule has 0 aromatic carbocycles. The van der Waals surface area contributed by atoms with Gasteiger partial charge in [0.15, 0.2) is 11.0 Å². The van der Waals surface area contributed by atoms with Crippen LogP contribution >= 0.6 is 11.6 Å². The van der Waals surface area contributed by atoms with E-state index in [0.29, 0.717) is 11.6 Å². The molecule has 0 aliphatic rings. The molecule has 1 rings (SSSR count). The molecule has 0 spiro atoms. The maximum absolute atomic E-state index is 5.88. The van der Waals surface area contributed by atoms with Gasteiger partial charge in [-0.1, -0.05) is 18.5 Å². The molecule has 1 unspecified atom stereocenters. The Morgan fingerprint density at radius 2 is 2.06 bits per heavy atom. The second-order valence-electron chi connectivity index (χ2n) is 3.75. The van der Waals surface area contributed by atoms with Crippen LogP contribution in [0.5, 0.6) is 0 Å². The first-order valence-corrected chi connectivity index (χ1v) is 5.67. The van der Waals surface area contributed by atoms with Crippen molar-refractivity contribution >= 4 is 17.4 Å². The quantitative estimate of drug-likeness (QED) is 0.819. The molecule has 0 aliphatic heterocycles. The number of terminal acetylenes is 1. The van der Waals surface area contributed by atoms with Crippen molar-refractivity contribution in [2.75, 3.05) is 5.32 Å². The van der Waals surface area contributed by atoms with Gasteiger partial charge >= 0.3 is 0 Å². The fourth-order valence-electron chi connectivity index (χ4n) is 1.35. The molecule has 16 heavy (non-hydrogen) atoms. The SMILES string of the molecule is C#CCC(CC)Nc1nnc(Cl)c(C)c1C. The Hall–Kier alpha value is -1.27. The molecule has 4 heteroatoms. The minimum Gasteiger partial charge on any atom is -0.365 e. The zero-order valence-corrected chi connectivity index (χ0v) is 10.6. The summed E-state index contributed by atoms with van der Waals surface area (Å²) in [5.74, 6) is 3.42. The highest BCUT2D eigenvalue weighted by Crippen LogP contribution is 2.21. The van der Waals surface area contributed by atoms with Crippen LogP contribution < -0.4 is 5.32 Å². The summed E-state index contributed by atoms with van der Waals surface area (Å²) in [7, 11) is 0. The summed E-state index contributed by atoms with van der Waals surface area (Å²) < 4.78 is 0. The number of anilines is 1. The minimum atomic E-state index is 0.235. The summed E-state index contributed by atoms with van der Waals surface area (Å²) in [6, 6.07) is 0.235. The van der Waals surface area contributed by atoms with Crippen LogP contribution in [0.25, 0.3) is 0 Å². The molecule has 86 valence electrons. The summed E-state index contributed by atoms with van der Waals surface area (Å²) in [6.07, 6.45) is 6.93. The van der Waals surface area contributed by atoms with E-state index in [1.807, 2.05) is 13.8 Å². The number of nitrogens with zero attached hydrogens (tertiary/aromatic N) is 2. The van der Waals surface area contributed by atoms with Crippen LogP contribution in [-0.4, -0.2) is 16.2 Å². The molecule has 1 N–H and O–H groups in total. The molecule has 0 fully saturated rings. The number of nitrogens with one attached hydrogen (secondary N) is 1. The zero-order valence-electron chi connectivity index (χ0n) is 9.84. The average molecular weight is 238 g/mol. The third-order valence-electron chi connectivity index (χ3n) is 2.66. The molecule has 3 nitrogen and oxygen atoms in total. The highest BCUT2D eigenvalue weighted by Gasteiger charge is 2.11. The molecule has 1 aromatic rings. The van der Waals surface area contributed by atoms with E-state index < -0.39 is 0 Å². The number of hydrogen-bond acceptors (Lipinski definition) is 3. The Labute approximate surface area is 102 Å². The van der Waals surface area contributed by atoms with Crippen LogP contribution in [0.1, 0.15) is 30.9 Å². The van der Waals surface area contributed by atoms with Crippen LogP contribution in [0, 0.1) is 26.2 Å². The van der Waals surface area contributed by atoms with E-state index in [4.69, 9.17) is 18.0 Å². The molecular formula is C12H16ClN3. The molecule has 1 heterocycles. The van der Waals surface area contributed by atoms with Crippen molar-refractivity contribution in [2.24, 2.45) is 0 Å². The van der Waals surface area contributed by atoms with Crippen LogP contribution in [0.3, 0.4) is 0 Å². The van der Waals surface area contributed by atoms with Gasteiger partial charge in [-0.05, 0) is 31.4 Å². The molecule has 0 saturated carbocycles. The molecule has 0 saturated heterocycles.